The number of rotatable bonds is 6. The number of aromatic nitrogens is 3. The smallest absolute Gasteiger partial charge is 0.321 e. The predicted molar refractivity (Wildman–Crippen MR) is 158 cm³/mol. The molecule has 0 spiro atoms. The molecule has 206 valence electrons. The molecule has 1 saturated heterocycles. The monoisotopic (exact) mass is 578 g/mol. The van der Waals surface area contributed by atoms with E-state index in [2.05, 4.69) is 11.6 Å². The van der Waals surface area contributed by atoms with E-state index in [1.54, 1.807) is 35.4 Å². The van der Waals surface area contributed by atoms with Gasteiger partial charge in [0.1, 0.15) is 5.75 Å². The average Bonchev–Trinajstić information content (AvgIpc) is 2.89. The van der Waals surface area contributed by atoms with Gasteiger partial charge in [0.15, 0.2) is 0 Å². The van der Waals surface area contributed by atoms with E-state index >= 15 is 0 Å². The Morgan fingerprint density at radius 1 is 1.07 bits per heavy atom. The Morgan fingerprint density at radius 3 is 2.45 bits per heavy atom. The summed E-state index contributed by atoms with van der Waals surface area (Å²) in [7, 11) is 0. The van der Waals surface area contributed by atoms with Crippen LogP contribution in [-0.2, 0) is 11.3 Å². The minimum Gasteiger partial charge on any atom is -0.508 e. The first-order valence-electron chi connectivity index (χ1n) is 12.9. The Bertz CT molecular complexity index is 1800. The van der Waals surface area contributed by atoms with Crippen molar-refractivity contribution < 1.29 is 9.90 Å². The van der Waals surface area contributed by atoms with Gasteiger partial charge in [-0.05, 0) is 60.9 Å². The number of aromatic hydroxyl groups is 1. The molecule has 1 aliphatic heterocycles. The van der Waals surface area contributed by atoms with Crippen molar-refractivity contribution in [2.45, 2.75) is 33.2 Å². The average molecular weight is 579 g/mol. The molecule has 0 aliphatic carbocycles. The summed E-state index contributed by atoms with van der Waals surface area (Å²) in [5.41, 5.74) is 2.45. The number of halogens is 2. The number of hydrogen-bond acceptors (Lipinski definition) is 5. The summed E-state index contributed by atoms with van der Waals surface area (Å²) in [6.45, 7) is 10.5. The van der Waals surface area contributed by atoms with Gasteiger partial charge in [0.05, 0.1) is 27.4 Å². The maximum absolute atomic E-state index is 13.9. The summed E-state index contributed by atoms with van der Waals surface area (Å²) >= 11 is 13.3. The molecular weight excluding hydrogens is 551 g/mol. The normalized spacial score (nSPS) is 13.6. The van der Waals surface area contributed by atoms with Crippen LogP contribution in [0.4, 0.5) is 0 Å². The molecule has 5 rings (SSSR count). The fourth-order valence-electron chi connectivity index (χ4n) is 5.24. The fourth-order valence-corrected chi connectivity index (χ4v) is 5.72. The van der Waals surface area contributed by atoms with E-state index in [0.717, 1.165) is 5.56 Å². The summed E-state index contributed by atoms with van der Waals surface area (Å²) in [5, 5.41) is 10.8. The minimum atomic E-state index is -0.723. The van der Waals surface area contributed by atoms with E-state index < -0.39 is 11.1 Å². The van der Waals surface area contributed by atoms with Crippen molar-refractivity contribution in [3.8, 4) is 22.6 Å². The number of likely N-dealkylation sites (tertiary alicyclic amines) is 1. The summed E-state index contributed by atoms with van der Waals surface area (Å²) in [4.78, 5) is 45.7. The van der Waals surface area contributed by atoms with Crippen LogP contribution in [0.3, 0.4) is 0 Å². The van der Waals surface area contributed by atoms with Crippen LogP contribution in [0, 0.1) is 12.8 Å². The molecule has 0 saturated carbocycles. The van der Waals surface area contributed by atoms with E-state index in [-0.39, 0.29) is 30.0 Å². The van der Waals surface area contributed by atoms with Gasteiger partial charge in [-0.2, -0.15) is 0 Å². The molecule has 0 bridgehead atoms. The molecule has 1 N–H and O–H groups in total. The van der Waals surface area contributed by atoms with Gasteiger partial charge in [0.2, 0.25) is 5.91 Å². The van der Waals surface area contributed by atoms with Crippen LogP contribution < -0.4 is 11.1 Å². The van der Waals surface area contributed by atoms with Crippen molar-refractivity contribution in [2.75, 3.05) is 13.1 Å². The molecule has 0 radical (unpaired) electrons. The molecule has 1 amide bonds. The van der Waals surface area contributed by atoms with Gasteiger partial charge in [-0.3, -0.25) is 23.9 Å². The van der Waals surface area contributed by atoms with Gasteiger partial charge >= 0.3 is 11.1 Å². The molecule has 1 fully saturated rings. The van der Waals surface area contributed by atoms with Crippen molar-refractivity contribution in [2.24, 2.45) is 5.92 Å². The summed E-state index contributed by atoms with van der Waals surface area (Å²) in [6.07, 6.45) is 2.94. The number of amides is 1. The van der Waals surface area contributed by atoms with Gasteiger partial charge in [0.25, 0.3) is 0 Å². The predicted octanol–water partition coefficient (Wildman–Crippen LogP) is 5.30. The maximum atomic E-state index is 13.9. The number of nitrogens with zero attached hydrogens (tertiary/aromatic N) is 4. The highest BCUT2D eigenvalue weighted by Crippen LogP contribution is 2.38. The Morgan fingerprint density at radius 2 is 1.77 bits per heavy atom. The Labute approximate surface area is 240 Å². The second kappa shape index (κ2) is 10.6. The lowest BCUT2D eigenvalue weighted by Crippen LogP contribution is -2.52. The topological polar surface area (TPSA) is 97.4 Å². The lowest BCUT2D eigenvalue weighted by atomic mass is 9.99. The number of carbonyl (C=O) groups is 1. The van der Waals surface area contributed by atoms with Crippen LogP contribution in [0.25, 0.3) is 27.8 Å². The quantitative estimate of drug-likeness (QED) is 0.247. The van der Waals surface area contributed by atoms with Crippen LogP contribution in [0.1, 0.15) is 31.0 Å². The zero-order valence-electron chi connectivity index (χ0n) is 22.3. The second-order valence-corrected chi connectivity index (χ2v) is 11.2. The molecular formula is C30H28Cl2N4O4. The van der Waals surface area contributed by atoms with Crippen LogP contribution >= 0.6 is 23.2 Å². The van der Waals surface area contributed by atoms with Crippen LogP contribution in [0.5, 0.6) is 5.75 Å². The molecule has 10 heteroatoms. The van der Waals surface area contributed by atoms with Crippen molar-refractivity contribution in [1.82, 2.24) is 19.0 Å². The number of hydrogen-bond donors (Lipinski definition) is 1. The molecule has 1 aliphatic rings. The number of fused-ring (bicyclic) bond motifs is 1. The van der Waals surface area contributed by atoms with Gasteiger partial charge in [-0.15, -0.1) is 0 Å². The summed E-state index contributed by atoms with van der Waals surface area (Å²) < 4.78 is 2.85. The largest absolute Gasteiger partial charge is 0.508 e. The molecule has 2 aromatic carbocycles. The number of benzene rings is 2. The molecule has 3 heterocycles. The van der Waals surface area contributed by atoms with Gasteiger partial charge < -0.3 is 14.6 Å². The third kappa shape index (κ3) is 4.71. The van der Waals surface area contributed by atoms with Gasteiger partial charge in [0, 0.05) is 47.9 Å². The van der Waals surface area contributed by atoms with Crippen LogP contribution in [0.15, 0.2) is 64.8 Å². The molecule has 2 aromatic heterocycles. The van der Waals surface area contributed by atoms with Crippen molar-refractivity contribution in [3.63, 3.8) is 0 Å². The standard InChI is InChI=1S/C30H28Cl2N4O4/c1-5-26(38)34-13-18(14-34)15-35-24-12-23(32)21(20-10-19(37)6-7-22(20)31)11-25(24)36(30(40)29(35)39)28-17(4)8-9-33-27(28)16(2)3/h5-12,16,18,37H,1,13-15H2,2-4H3. The van der Waals surface area contributed by atoms with E-state index in [9.17, 15) is 19.5 Å². The highest BCUT2D eigenvalue weighted by Gasteiger charge is 2.31. The first-order valence-corrected chi connectivity index (χ1v) is 13.6. The van der Waals surface area contributed by atoms with Crippen molar-refractivity contribution in [1.29, 1.82) is 0 Å². The Kier molecular flexibility index (Phi) is 7.33. The molecule has 0 unspecified atom stereocenters. The number of aryl methyl sites for hydroxylation is 1. The number of carbonyl (C=O) groups excluding carboxylic acids is 1. The molecule has 0 atom stereocenters. The number of pyridine rings is 1. The highest BCUT2D eigenvalue weighted by molar-refractivity contribution is 6.37. The Balaban J connectivity index is 1.82. The van der Waals surface area contributed by atoms with Crippen LogP contribution in [-0.4, -0.2) is 43.1 Å². The first kappa shape index (κ1) is 27.7. The lowest BCUT2D eigenvalue weighted by molar-refractivity contribution is -0.132. The SMILES string of the molecule is C=CC(=O)N1CC(Cn2c(=O)c(=O)n(-c3c(C)ccnc3C(C)C)c3cc(-c4cc(O)ccc4Cl)c(Cl)cc32)C1. The molecule has 40 heavy (non-hydrogen) atoms. The fraction of sp³-hybridized carbons (Fsp3) is 0.267. The molecule has 8 nitrogen and oxygen atoms in total. The lowest BCUT2D eigenvalue weighted by Gasteiger charge is -2.39. The highest BCUT2D eigenvalue weighted by atomic mass is 35.5. The second-order valence-electron chi connectivity index (χ2n) is 10.4. The van der Waals surface area contributed by atoms with E-state index in [1.165, 1.54) is 27.3 Å². The zero-order valence-corrected chi connectivity index (χ0v) is 23.8. The van der Waals surface area contributed by atoms with E-state index in [0.29, 0.717) is 56.7 Å². The Hall–Kier alpha value is -3.88. The van der Waals surface area contributed by atoms with Crippen molar-refractivity contribution >= 4 is 40.1 Å². The number of phenols is 1. The van der Waals surface area contributed by atoms with Gasteiger partial charge in [-0.1, -0.05) is 43.6 Å². The van der Waals surface area contributed by atoms with Crippen molar-refractivity contribution in [3.05, 3.63) is 97.3 Å². The third-order valence-electron chi connectivity index (χ3n) is 7.28. The van der Waals surface area contributed by atoms with E-state index in [1.807, 2.05) is 20.8 Å². The first-order chi connectivity index (χ1) is 19.0. The minimum absolute atomic E-state index is 0.00623. The number of phenolic OH excluding ortho intramolecular Hbond substituents is 1. The van der Waals surface area contributed by atoms with Gasteiger partial charge in [-0.25, -0.2) is 0 Å². The summed E-state index contributed by atoms with van der Waals surface area (Å²) in [5.74, 6) is -0.222. The van der Waals surface area contributed by atoms with E-state index in [4.69, 9.17) is 23.2 Å². The molecule has 4 aromatic rings. The zero-order chi connectivity index (χ0) is 28.9. The summed E-state index contributed by atoms with van der Waals surface area (Å²) in [6, 6.07) is 9.71. The van der Waals surface area contributed by atoms with Crippen LogP contribution in [0.2, 0.25) is 10.0 Å². The third-order valence-corrected chi connectivity index (χ3v) is 7.92. The maximum Gasteiger partial charge on any atom is 0.321 e.